The molecule has 4 rings (SSSR count). The van der Waals surface area contributed by atoms with Crippen LogP contribution in [0, 0.1) is 0 Å². The Hall–Kier alpha value is -3.45. The van der Waals surface area contributed by atoms with E-state index < -0.39 is 18.4 Å². The van der Waals surface area contributed by atoms with Crippen LogP contribution in [0.4, 0.5) is 17.6 Å². The van der Waals surface area contributed by atoms with Gasteiger partial charge in [0.05, 0.1) is 18.7 Å². The van der Waals surface area contributed by atoms with E-state index in [2.05, 4.69) is 0 Å². The standard InChI is InChI=1S/C31H31F4NO2/c1-21(37)29-13-6-7-16-36(29)20-25-17-28(31(33,34)35)24(18-30(25)38-2)15-14-23-11-8-12-26(27(23)19-32)22-9-4-3-5-10-22/h3-5,8-12,14-15,17-18,29H,6-7,13,16,19-20H2,1-2H3/b15-14+/t29-/m0/s1. The molecule has 200 valence electrons. The van der Waals surface area contributed by atoms with E-state index in [9.17, 15) is 22.4 Å². The minimum absolute atomic E-state index is 0.0145. The molecule has 0 N–H and O–H groups in total. The third-order valence-electron chi connectivity index (χ3n) is 7.09. The molecule has 0 amide bonds. The van der Waals surface area contributed by atoms with Crippen molar-refractivity contribution in [3.05, 3.63) is 88.5 Å². The fourth-order valence-electron chi connectivity index (χ4n) is 5.17. The van der Waals surface area contributed by atoms with Crippen LogP contribution in [0.25, 0.3) is 23.3 Å². The lowest BCUT2D eigenvalue weighted by molar-refractivity contribution is -0.137. The summed E-state index contributed by atoms with van der Waals surface area (Å²) >= 11 is 0. The average Bonchev–Trinajstić information content (AvgIpc) is 2.91. The maximum absolute atomic E-state index is 14.2. The van der Waals surface area contributed by atoms with E-state index in [1.54, 1.807) is 18.2 Å². The quantitative estimate of drug-likeness (QED) is 0.221. The maximum atomic E-state index is 14.2. The molecule has 0 saturated carbocycles. The van der Waals surface area contributed by atoms with Gasteiger partial charge in [0.2, 0.25) is 0 Å². The van der Waals surface area contributed by atoms with Crippen molar-refractivity contribution in [1.82, 2.24) is 4.90 Å². The monoisotopic (exact) mass is 525 g/mol. The first-order chi connectivity index (χ1) is 18.2. The van der Waals surface area contributed by atoms with Crippen LogP contribution in [0.3, 0.4) is 0 Å². The molecule has 1 aliphatic heterocycles. The van der Waals surface area contributed by atoms with Crippen LogP contribution in [0.15, 0.2) is 60.7 Å². The summed E-state index contributed by atoms with van der Waals surface area (Å²) in [5.41, 5.74) is 1.94. The molecule has 0 unspecified atom stereocenters. The number of alkyl halides is 4. The highest BCUT2D eigenvalue weighted by Gasteiger charge is 2.35. The zero-order valence-corrected chi connectivity index (χ0v) is 21.5. The second-order valence-electron chi connectivity index (χ2n) is 9.55. The summed E-state index contributed by atoms with van der Waals surface area (Å²) in [7, 11) is 1.42. The SMILES string of the molecule is COc1cc(/C=C/c2cccc(-c3ccccc3)c2CF)c(C(F)(F)F)cc1CN1CCCC[C@H]1C(C)=O. The summed E-state index contributed by atoms with van der Waals surface area (Å²) in [6.07, 6.45) is 0.764. The summed E-state index contributed by atoms with van der Waals surface area (Å²) < 4.78 is 62.2. The van der Waals surface area contributed by atoms with Gasteiger partial charge in [-0.25, -0.2) is 4.39 Å². The molecule has 1 aliphatic rings. The molecule has 38 heavy (non-hydrogen) atoms. The van der Waals surface area contributed by atoms with E-state index in [1.807, 2.05) is 35.2 Å². The number of halogens is 4. The van der Waals surface area contributed by atoms with Crippen LogP contribution in [-0.2, 0) is 24.2 Å². The van der Waals surface area contributed by atoms with Crippen molar-refractivity contribution in [2.75, 3.05) is 13.7 Å². The zero-order chi connectivity index (χ0) is 27.3. The number of ether oxygens (including phenoxy) is 1. The van der Waals surface area contributed by atoms with E-state index in [0.717, 1.165) is 24.5 Å². The zero-order valence-electron chi connectivity index (χ0n) is 21.5. The van der Waals surface area contributed by atoms with Gasteiger partial charge < -0.3 is 4.74 Å². The number of rotatable bonds is 8. The average molecular weight is 526 g/mol. The molecule has 3 aromatic carbocycles. The minimum atomic E-state index is -4.61. The second-order valence-corrected chi connectivity index (χ2v) is 9.55. The lowest BCUT2D eigenvalue weighted by Crippen LogP contribution is -2.43. The van der Waals surface area contributed by atoms with Gasteiger partial charge in [-0.05, 0) is 66.3 Å². The molecule has 0 bridgehead atoms. The van der Waals surface area contributed by atoms with Gasteiger partial charge in [0.15, 0.2) is 0 Å². The van der Waals surface area contributed by atoms with Crippen LogP contribution in [-0.4, -0.2) is 30.4 Å². The van der Waals surface area contributed by atoms with Crippen LogP contribution >= 0.6 is 0 Å². The molecule has 0 aromatic heterocycles. The molecule has 1 heterocycles. The Balaban J connectivity index is 1.73. The van der Waals surface area contributed by atoms with Gasteiger partial charge in [0.1, 0.15) is 18.2 Å². The van der Waals surface area contributed by atoms with Gasteiger partial charge in [0, 0.05) is 12.1 Å². The first-order valence-corrected chi connectivity index (χ1v) is 12.7. The number of piperidine rings is 1. The summed E-state index contributed by atoms with van der Waals surface area (Å²) in [6, 6.07) is 16.7. The molecule has 3 nitrogen and oxygen atoms in total. The van der Waals surface area contributed by atoms with Crippen molar-refractivity contribution in [3.8, 4) is 16.9 Å². The molecular weight excluding hydrogens is 494 g/mol. The van der Waals surface area contributed by atoms with Gasteiger partial charge in [0.25, 0.3) is 0 Å². The van der Waals surface area contributed by atoms with Gasteiger partial charge >= 0.3 is 6.18 Å². The maximum Gasteiger partial charge on any atom is 0.417 e. The number of ketones is 1. The number of hydrogen-bond donors (Lipinski definition) is 0. The normalized spacial score (nSPS) is 16.6. The van der Waals surface area contributed by atoms with E-state index in [0.29, 0.717) is 41.0 Å². The Morgan fingerprint density at radius 2 is 1.76 bits per heavy atom. The predicted molar refractivity (Wildman–Crippen MR) is 142 cm³/mol. The van der Waals surface area contributed by atoms with Crippen LogP contribution < -0.4 is 4.74 Å². The van der Waals surface area contributed by atoms with Gasteiger partial charge in [-0.2, -0.15) is 13.2 Å². The number of carbonyl (C=O) groups is 1. The Bertz CT molecular complexity index is 1300. The number of likely N-dealkylation sites (tertiary alicyclic amines) is 1. The molecule has 1 fully saturated rings. The summed E-state index contributed by atoms with van der Waals surface area (Å²) in [6.45, 7) is 1.59. The van der Waals surface area contributed by atoms with E-state index in [1.165, 1.54) is 32.3 Å². The first-order valence-electron chi connectivity index (χ1n) is 12.7. The summed E-state index contributed by atoms with van der Waals surface area (Å²) in [5, 5.41) is 0. The number of methoxy groups -OCH3 is 1. The number of hydrogen-bond acceptors (Lipinski definition) is 3. The van der Waals surface area contributed by atoms with Crippen molar-refractivity contribution >= 4 is 17.9 Å². The molecule has 7 heteroatoms. The number of Topliss-reactive ketones (excluding diaryl/α,β-unsaturated/α-hetero) is 1. The molecule has 1 saturated heterocycles. The number of nitrogens with zero attached hydrogens (tertiary/aromatic N) is 1. The largest absolute Gasteiger partial charge is 0.496 e. The lowest BCUT2D eigenvalue weighted by Gasteiger charge is -2.34. The van der Waals surface area contributed by atoms with Crippen molar-refractivity contribution < 1.29 is 27.1 Å². The predicted octanol–water partition coefficient (Wildman–Crippen LogP) is 7.96. The van der Waals surface area contributed by atoms with E-state index in [4.69, 9.17) is 4.74 Å². The number of carbonyl (C=O) groups excluding carboxylic acids is 1. The molecular formula is C31H31F4NO2. The van der Waals surface area contributed by atoms with Crippen LogP contribution in [0.1, 0.15) is 54.0 Å². The Morgan fingerprint density at radius 3 is 2.42 bits per heavy atom. The van der Waals surface area contributed by atoms with Gasteiger partial charge in [-0.1, -0.05) is 67.1 Å². The third-order valence-corrected chi connectivity index (χ3v) is 7.09. The van der Waals surface area contributed by atoms with E-state index in [-0.39, 0.29) is 23.9 Å². The highest BCUT2D eigenvalue weighted by molar-refractivity contribution is 5.81. The summed E-state index contributed by atoms with van der Waals surface area (Å²) in [4.78, 5) is 14.1. The minimum Gasteiger partial charge on any atom is -0.496 e. The summed E-state index contributed by atoms with van der Waals surface area (Å²) in [5.74, 6) is 0.329. The van der Waals surface area contributed by atoms with Crippen molar-refractivity contribution in [3.63, 3.8) is 0 Å². The first kappa shape index (κ1) is 27.6. The lowest BCUT2D eigenvalue weighted by atomic mass is 9.94. The van der Waals surface area contributed by atoms with Gasteiger partial charge in [-0.3, -0.25) is 9.69 Å². The van der Waals surface area contributed by atoms with E-state index >= 15 is 0 Å². The third kappa shape index (κ3) is 6.16. The van der Waals surface area contributed by atoms with Crippen LogP contribution in [0.2, 0.25) is 0 Å². The fraction of sp³-hybridized carbons (Fsp3) is 0.323. The van der Waals surface area contributed by atoms with Crippen molar-refractivity contribution in [2.45, 2.75) is 51.6 Å². The van der Waals surface area contributed by atoms with Gasteiger partial charge in [-0.15, -0.1) is 0 Å². The molecule has 3 aromatic rings. The highest BCUT2D eigenvalue weighted by atomic mass is 19.4. The molecule has 0 spiro atoms. The Labute approximate surface area is 220 Å². The molecule has 0 aliphatic carbocycles. The second kappa shape index (κ2) is 11.9. The smallest absolute Gasteiger partial charge is 0.417 e. The van der Waals surface area contributed by atoms with Crippen molar-refractivity contribution in [2.24, 2.45) is 0 Å². The van der Waals surface area contributed by atoms with Crippen LogP contribution in [0.5, 0.6) is 5.75 Å². The van der Waals surface area contributed by atoms with Crippen molar-refractivity contribution in [1.29, 1.82) is 0 Å². The Kier molecular flexibility index (Phi) is 8.67. The molecule has 1 atom stereocenters. The molecule has 0 radical (unpaired) electrons. The Morgan fingerprint density at radius 1 is 1.03 bits per heavy atom. The number of benzene rings is 3. The topological polar surface area (TPSA) is 29.5 Å². The highest BCUT2D eigenvalue weighted by Crippen LogP contribution is 2.38. The fourth-order valence-corrected chi connectivity index (χ4v) is 5.17.